The van der Waals surface area contributed by atoms with Crippen LogP contribution >= 0.6 is 23.2 Å². The Hall–Kier alpha value is -2.16. The molecular weight excluding hydrogens is 327 g/mol. The molecule has 0 heterocycles. The van der Waals surface area contributed by atoms with Crippen LogP contribution in [0.3, 0.4) is 0 Å². The van der Waals surface area contributed by atoms with E-state index in [1.54, 1.807) is 18.2 Å². The Morgan fingerprint density at radius 2 is 2.14 bits per heavy atom. The van der Waals surface area contributed by atoms with Crippen LogP contribution in [0.2, 0.25) is 10.0 Å². The zero-order chi connectivity index (χ0) is 16.7. The molecule has 1 aromatic rings. The second kappa shape index (κ2) is 8.32. The van der Waals surface area contributed by atoms with Gasteiger partial charge in [0.2, 0.25) is 0 Å². The predicted octanol–water partition coefficient (Wildman–Crippen LogP) is 3.30. The molecule has 5 nitrogen and oxygen atoms in total. The highest BCUT2D eigenvalue weighted by molar-refractivity contribution is 6.35. The van der Waals surface area contributed by atoms with Crippen molar-refractivity contribution in [3.05, 3.63) is 39.9 Å². The van der Waals surface area contributed by atoms with Gasteiger partial charge in [-0.25, -0.2) is 4.79 Å². The van der Waals surface area contributed by atoms with Crippen molar-refractivity contribution in [3.8, 4) is 6.07 Å². The average Bonchev–Trinajstić information content (AvgIpc) is 2.44. The zero-order valence-corrected chi connectivity index (χ0v) is 13.1. The normalized spacial score (nSPS) is 11.7. The lowest BCUT2D eigenvalue weighted by Gasteiger charge is -2.06. The fourth-order valence-electron chi connectivity index (χ4n) is 1.48. The van der Waals surface area contributed by atoms with Crippen molar-refractivity contribution in [2.45, 2.75) is 6.92 Å². The molecule has 1 N–H and O–H groups in total. The van der Waals surface area contributed by atoms with Crippen molar-refractivity contribution >= 4 is 46.7 Å². The lowest BCUT2D eigenvalue weighted by Crippen LogP contribution is -2.25. The van der Waals surface area contributed by atoms with Crippen LogP contribution in [0, 0.1) is 22.7 Å². The third-order valence-corrected chi connectivity index (χ3v) is 3.16. The summed E-state index contributed by atoms with van der Waals surface area (Å²) in [4.78, 5) is 23.1. The number of nitrogens with one attached hydrogen (secondary N) is 1. The third-order valence-electron chi connectivity index (χ3n) is 2.60. The number of esters is 1. The number of ketones is 1. The summed E-state index contributed by atoms with van der Waals surface area (Å²) in [7, 11) is 0. The maximum absolute atomic E-state index is 11.6. The van der Waals surface area contributed by atoms with Gasteiger partial charge in [0, 0.05) is 21.8 Å². The maximum Gasteiger partial charge on any atom is 0.331 e. The Bertz CT molecular complexity index is 678. The molecule has 0 bridgehead atoms. The highest BCUT2D eigenvalue weighted by Crippen LogP contribution is 2.21. The zero-order valence-electron chi connectivity index (χ0n) is 11.6. The summed E-state index contributed by atoms with van der Waals surface area (Å²) in [6.07, 6.45) is 2.54. The van der Waals surface area contributed by atoms with E-state index in [0.717, 1.165) is 6.08 Å². The monoisotopic (exact) mass is 338 g/mol. The Labute approximate surface area is 137 Å². The van der Waals surface area contributed by atoms with E-state index in [9.17, 15) is 9.59 Å². The SMILES string of the molecule is CC(=N)C(C#N)C(=O)COC(=O)/C=C/c1ccc(Cl)cc1Cl. The van der Waals surface area contributed by atoms with E-state index in [0.29, 0.717) is 15.6 Å². The highest BCUT2D eigenvalue weighted by atomic mass is 35.5. The molecule has 0 aromatic heterocycles. The lowest BCUT2D eigenvalue weighted by molar-refractivity contribution is -0.143. The van der Waals surface area contributed by atoms with Crippen molar-refractivity contribution in [2.24, 2.45) is 5.92 Å². The third kappa shape index (κ3) is 5.32. The molecule has 0 radical (unpaired) electrons. The lowest BCUT2D eigenvalue weighted by atomic mass is 10.0. The van der Waals surface area contributed by atoms with Gasteiger partial charge >= 0.3 is 5.97 Å². The van der Waals surface area contributed by atoms with Gasteiger partial charge in [-0.05, 0) is 30.7 Å². The number of rotatable bonds is 6. The van der Waals surface area contributed by atoms with Crippen molar-refractivity contribution < 1.29 is 14.3 Å². The van der Waals surface area contributed by atoms with Crippen molar-refractivity contribution in [1.29, 1.82) is 10.7 Å². The Morgan fingerprint density at radius 3 is 2.68 bits per heavy atom. The minimum atomic E-state index is -1.19. The van der Waals surface area contributed by atoms with Gasteiger partial charge in [0.25, 0.3) is 0 Å². The second-order valence-corrected chi connectivity index (χ2v) is 5.16. The van der Waals surface area contributed by atoms with E-state index in [-0.39, 0.29) is 5.71 Å². The number of carbonyl (C=O) groups excluding carboxylic acids is 2. The van der Waals surface area contributed by atoms with Gasteiger partial charge < -0.3 is 10.1 Å². The molecule has 1 atom stereocenters. The molecule has 7 heteroatoms. The van der Waals surface area contributed by atoms with Crippen LogP contribution in [0.15, 0.2) is 24.3 Å². The summed E-state index contributed by atoms with van der Waals surface area (Å²) < 4.78 is 4.73. The van der Waals surface area contributed by atoms with E-state index in [4.69, 9.17) is 38.6 Å². The van der Waals surface area contributed by atoms with Gasteiger partial charge in [-0.1, -0.05) is 29.3 Å². The maximum atomic E-state index is 11.6. The number of ether oxygens (including phenoxy) is 1. The largest absolute Gasteiger partial charge is 0.454 e. The molecule has 1 unspecified atom stereocenters. The van der Waals surface area contributed by atoms with Gasteiger partial charge in [-0.15, -0.1) is 0 Å². The van der Waals surface area contributed by atoms with E-state index in [2.05, 4.69) is 0 Å². The molecule has 0 saturated carbocycles. The number of halogens is 2. The first-order chi connectivity index (χ1) is 10.3. The van der Waals surface area contributed by atoms with Gasteiger partial charge in [-0.3, -0.25) is 4.79 Å². The molecule has 1 aromatic carbocycles. The van der Waals surface area contributed by atoms with Crippen LogP contribution in [0.1, 0.15) is 12.5 Å². The van der Waals surface area contributed by atoms with E-state index in [1.807, 2.05) is 0 Å². The molecule has 0 aliphatic rings. The van der Waals surface area contributed by atoms with Crippen LogP contribution in [0.5, 0.6) is 0 Å². The molecule has 0 aliphatic heterocycles. The van der Waals surface area contributed by atoms with Crippen LogP contribution in [0.25, 0.3) is 6.08 Å². The molecule has 1 rings (SSSR count). The topological polar surface area (TPSA) is 91.0 Å². The van der Waals surface area contributed by atoms with Crippen molar-refractivity contribution in [2.75, 3.05) is 6.61 Å². The summed E-state index contributed by atoms with van der Waals surface area (Å²) in [5, 5.41) is 16.9. The standard InChI is InChI=1S/C15H12Cl2N2O3/c1-9(19)12(7-18)14(20)8-22-15(21)5-3-10-2-4-11(16)6-13(10)17/h2-6,12,19H,8H2,1H3/b5-3+,19-9?. The number of carbonyl (C=O) groups is 2. The minimum Gasteiger partial charge on any atom is -0.454 e. The summed E-state index contributed by atoms with van der Waals surface area (Å²) in [5.74, 6) is -2.58. The number of nitriles is 1. The number of nitrogens with zero attached hydrogens (tertiary/aromatic N) is 1. The Kier molecular flexibility index (Phi) is 6.77. The molecule has 22 heavy (non-hydrogen) atoms. The van der Waals surface area contributed by atoms with E-state index < -0.39 is 24.3 Å². The summed E-state index contributed by atoms with van der Waals surface area (Å²) >= 11 is 11.7. The first-order valence-electron chi connectivity index (χ1n) is 6.12. The van der Waals surface area contributed by atoms with Gasteiger partial charge in [-0.2, -0.15) is 5.26 Å². The smallest absolute Gasteiger partial charge is 0.331 e. The first-order valence-corrected chi connectivity index (χ1v) is 6.88. The molecule has 0 fully saturated rings. The number of hydrogen-bond acceptors (Lipinski definition) is 5. The summed E-state index contributed by atoms with van der Waals surface area (Å²) in [6.45, 7) is 0.780. The predicted molar refractivity (Wildman–Crippen MR) is 84.0 cm³/mol. The van der Waals surface area contributed by atoms with E-state index in [1.165, 1.54) is 19.1 Å². The van der Waals surface area contributed by atoms with Crippen LogP contribution in [0.4, 0.5) is 0 Å². The van der Waals surface area contributed by atoms with Crippen molar-refractivity contribution in [1.82, 2.24) is 0 Å². The van der Waals surface area contributed by atoms with Crippen molar-refractivity contribution in [3.63, 3.8) is 0 Å². The number of benzene rings is 1. The molecule has 0 spiro atoms. The highest BCUT2D eigenvalue weighted by Gasteiger charge is 2.20. The van der Waals surface area contributed by atoms with Crippen LogP contribution in [-0.2, 0) is 14.3 Å². The molecule has 0 amide bonds. The Balaban J connectivity index is 2.60. The van der Waals surface area contributed by atoms with Crippen LogP contribution < -0.4 is 0 Å². The fraction of sp³-hybridized carbons (Fsp3) is 0.200. The number of hydrogen-bond donors (Lipinski definition) is 1. The van der Waals surface area contributed by atoms with E-state index >= 15 is 0 Å². The molecule has 114 valence electrons. The quantitative estimate of drug-likeness (QED) is 0.489. The molecule has 0 saturated heterocycles. The first kappa shape index (κ1) is 17.9. The number of Topliss-reactive ketones (excluding diaryl/α,β-unsaturated/α-hetero) is 1. The Morgan fingerprint density at radius 1 is 1.45 bits per heavy atom. The summed E-state index contributed by atoms with van der Waals surface area (Å²) in [6, 6.07) is 6.46. The second-order valence-electron chi connectivity index (χ2n) is 4.32. The summed E-state index contributed by atoms with van der Waals surface area (Å²) in [5.41, 5.74) is 0.478. The minimum absolute atomic E-state index is 0.0907. The van der Waals surface area contributed by atoms with Gasteiger partial charge in [0.1, 0.15) is 5.92 Å². The van der Waals surface area contributed by atoms with Crippen LogP contribution in [-0.4, -0.2) is 24.1 Å². The average molecular weight is 339 g/mol. The molecule has 0 aliphatic carbocycles. The fourth-order valence-corrected chi connectivity index (χ4v) is 1.95. The van der Waals surface area contributed by atoms with Gasteiger partial charge in [0.05, 0.1) is 6.07 Å². The molecular formula is C15H12Cl2N2O3. The van der Waals surface area contributed by atoms with Gasteiger partial charge in [0.15, 0.2) is 12.4 Å².